The summed E-state index contributed by atoms with van der Waals surface area (Å²) in [7, 11) is 1.34. The second-order valence-corrected chi connectivity index (χ2v) is 8.35. The Morgan fingerprint density at radius 2 is 2.04 bits per heavy atom. The maximum absolute atomic E-state index is 11.6. The van der Waals surface area contributed by atoms with Crippen molar-refractivity contribution in [3.63, 3.8) is 0 Å². The molecule has 0 aliphatic rings. The van der Waals surface area contributed by atoms with E-state index in [0.717, 1.165) is 11.2 Å². The van der Waals surface area contributed by atoms with Gasteiger partial charge < -0.3 is 0 Å². The summed E-state index contributed by atoms with van der Waals surface area (Å²) < 4.78 is 15.0. The molecule has 0 atom stereocenters. The Hall–Kier alpha value is -2.56. The molecule has 0 fully saturated rings. The van der Waals surface area contributed by atoms with Gasteiger partial charge in [-0.3, -0.25) is 0 Å². The molecule has 6 heteroatoms. The molecule has 0 spiro atoms. The van der Waals surface area contributed by atoms with Crippen molar-refractivity contribution < 1.29 is 13.9 Å². The van der Waals surface area contributed by atoms with E-state index in [4.69, 9.17) is 14.3 Å². The molecule has 3 heterocycles. The predicted octanol–water partition coefficient (Wildman–Crippen LogP) is 3.50. The molecule has 126 valence electrons. The van der Waals surface area contributed by atoms with Crippen LogP contribution in [0.5, 0.6) is 0 Å². The normalized spacial score (nSPS) is 11.1. The van der Waals surface area contributed by atoms with Crippen molar-refractivity contribution in [2.24, 2.45) is 0 Å². The van der Waals surface area contributed by atoms with Gasteiger partial charge >= 0.3 is 150 Å². The van der Waals surface area contributed by atoms with Crippen LogP contribution in [0.2, 0.25) is 0 Å². The minimum absolute atomic E-state index is 0.194. The van der Waals surface area contributed by atoms with E-state index in [9.17, 15) is 4.79 Å². The Kier molecular flexibility index (Phi) is 4.07. The summed E-state index contributed by atoms with van der Waals surface area (Å²) in [5, 5.41) is 4.77. The van der Waals surface area contributed by atoms with Gasteiger partial charge in [-0.15, -0.1) is 0 Å². The fourth-order valence-electron chi connectivity index (χ4n) is 2.80. The summed E-state index contributed by atoms with van der Waals surface area (Å²) in [6.45, 7) is 2.84. The number of nitrogens with zero attached hydrogens (tertiary/aromatic N) is 2. The number of ether oxygens (including phenoxy) is 1. The molecule has 5 nitrogen and oxygen atoms in total. The first-order valence-electron chi connectivity index (χ1n) is 7.85. The van der Waals surface area contributed by atoms with Gasteiger partial charge in [-0.1, -0.05) is 0 Å². The number of carbonyl (C=O) groups excluding carboxylic acids is 1. The van der Waals surface area contributed by atoms with Gasteiger partial charge in [0.1, 0.15) is 0 Å². The molecule has 0 saturated carbocycles. The summed E-state index contributed by atoms with van der Waals surface area (Å²) in [5.41, 5.74) is 3.14. The van der Waals surface area contributed by atoms with Gasteiger partial charge in [0.25, 0.3) is 0 Å². The number of hydrogen-bond acceptors (Lipinski definition) is 4. The zero-order valence-corrected chi connectivity index (χ0v) is 15.6. The molecule has 0 radical (unpaired) electrons. The minimum atomic E-state index is -0.480. The summed E-state index contributed by atoms with van der Waals surface area (Å²) >= 11 is 0.220. The number of aryl methyl sites for hydroxylation is 1. The number of aromatic nitrogens is 2. The molecule has 3 aromatic heterocycles. The van der Waals surface area contributed by atoms with Crippen LogP contribution in [0.15, 0.2) is 52.9 Å². The Morgan fingerprint density at radius 3 is 2.80 bits per heavy atom. The van der Waals surface area contributed by atoms with E-state index in [1.54, 1.807) is 12.1 Å². The van der Waals surface area contributed by atoms with Gasteiger partial charge in [-0.25, -0.2) is 0 Å². The van der Waals surface area contributed by atoms with Gasteiger partial charge in [-0.2, -0.15) is 0 Å². The average Bonchev–Trinajstić information content (AvgIpc) is 3.31. The first kappa shape index (κ1) is 15.9. The standard InChI is InChI=1S/C19H16N2O3Se/c1-12-10-14-18(25-12)17(15-8-9-16(24-15)19(22)23-2)20-21(14)11-13-6-4-3-5-7-13/h3-10H,11H2,1-2H3. The van der Waals surface area contributed by atoms with Crippen LogP contribution in [0, 0.1) is 6.92 Å². The van der Waals surface area contributed by atoms with E-state index in [1.807, 2.05) is 22.9 Å². The van der Waals surface area contributed by atoms with Crippen LogP contribution in [-0.4, -0.2) is 37.4 Å². The van der Waals surface area contributed by atoms with Crippen molar-refractivity contribution in [1.82, 2.24) is 9.78 Å². The molecule has 4 rings (SSSR count). The van der Waals surface area contributed by atoms with Crippen LogP contribution < -0.4 is 0 Å². The molecule has 1 aromatic carbocycles. The van der Waals surface area contributed by atoms with Crippen molar-refractivity contribution in [2.45, 2.75) is 13.5 Å². The third-order valence-corrected chi connectivity index (χ3v) is 6.15. The van der Waals surface area contributed by atoms with Gasteiger partial charge in [0.2, 0.25) is 0 Å². The molecular formula is C19H16N2O3Se. The van der Waals surface area contributed by atoms with Crippen LogP contribution in [-0.2, 0) is 11.3 Å². The molecule has 4 aromatic rings. The maximum atomic E-state index is 11.6. The van der Waals surface area contributed by atoms with Crippen LogP contribution in [0.4, 0.5) is 0 Å². The number of benzene rings is 1. The molecule has 0 bridgehead atoms. The number of methoxy groups -OCH3 is 1. The number of fused-ring (bicyclic) bond motifs is 1. The summed E-state index contributed by atoms with van der Waals surface area (Å²) in [6, 6.07) is 15.9. The Balaban J connectivity index is 1.79. The van der Waals surface area contributed by atoms with Crippen molar-refractivity contribution >= 4 is 30.2 Å². The second-order valence-electron chi connectivity index (χ2n) is 5.72. The SMILES string of the molecule is COC(=O)c1ccc(-c2nn(Cc3ccccc3)c3cc(C)[se]c23)o1. The topological polar surface area (TPSA) is 57.3 Å². The van der Waals surface area contributed by atoms with E-state index in [2.05, 4.69) is 25.1 Å². The molecule has 25 heavy (non-hydrogen) atoms. The number of furan rings is 1. The van der Waals surface area contributed by atoms with E-state index in [1.165, 1.54) is 21.4 Å². The first-order chi connectivity index (χ1) is 12.2. The van der Waals surface area contributed by atoms with Crippen molar-refractivity contribution in [2.75, 3.05) is 7.11 Å². The van der Waals surface area contributed by atoms with Crippen LogP contribution in [0.1, 0.15) is 20.6 Å². The van der Waals surface area contributed by atoms with Gasteiger partial charge in [0.15, 0.2) is 0 Å². The van der Waals surface area contributed by atoms with E-state index in [0.29, 0.717) is 12.3 Å². The van der Waals surface area contributed by atoms with E-state index >= 15 is 0 Å². The zero-order valence-electron chi connectivity index (χ0n) is 13.9. The number of esters is 1. The van der Waals surface area contributed by atoms with E-state index in [-0.39, 0.29) is 20.3 Å². The third kappa shape index (κ3) is 2.95. The van der Waals surface area contributed by atoms with Crippen LogP contribution in [0.25, 0.3) is 21.2 Å². The molecular weight excluding hydrogens is 383 g/mol. The summed E-state index contributed by atoms with van der Waals surface area (Å²) in [4.78, 5) is 11.6. The number of rotatable bonds is 4. The summed E-state index contributed by atoms with van der Waals surface area (Å²) in [5.74, 6) is 0.318. The van der Waals surface area contributed by atoms with Gasteiger partial charge in [0.05, 0.1) is 0 Å². The summed E-state index contributed by atoms with van der Waals surface area (Å²) in [6.07, 6.45) is 0. The van der Waals surface area contributed by atoms with Crippen LogP contribution in [0.3, 0.4) is 0 Å². The fraction of sp³-hybridized carbons (Fsp3) is 0.158. The predicted molar refractivity (Wildman–Crippen MR) is 96.0 cm³/mol. The Bertz CT molecular complexity index is 1040. The molecule has 0 amide bonds. The second kappa shape index (κ2) is 6.39. The zero-order chi connectivity index (χ0) is 17.4. The fourth-order valence-corrected chi connectivity index (χ4v) is 4.89. The quantitative estimate of drug-likeness (QED) is 0.389. The number of carbonyl (C=O) groups is 1. The third-order valence-electron chi connectivity index (χ3n) is 3.95. The Morgan fingerprint density at radius 1 is 1.24 bits per heavy atom. The molecule has 0 N–H and O–H groups in total. The van der Waals surface area contributed by atoms with E-state index < -0.39 is 5.97 Å². The first-order valence-corrected chi connectivity index (χ1v) is 9.56. The van der Waals surface area contributed by atoms with Crippen molar-refractivity contribution in [3.05, 3.63) is 64.3 Å². The molecule has 0 unspecified atom stereocenters. The average molecular weight is 399 g/mol. The van der Waals surface area contributed by atoms with Gasteiger partial charge in [-0.05, 0) is 0 Å². The van der Waals surface area contributed by atoms with Crippen molar-refractivity contribution in [1.29, 1.82) is 0 Å². The monoisotopic (exact) mass is 400 g/mol. The van der Waals surface area contributed by atoms with Gasteiger partial charge in [0, 0.05) is 0 Å². The molecule has 0 saturated heterocycles. The van der Waals surface area contributed by atoms with Crippen LogP contribution >= 0.6 is 0 Å². The number of hydrogen-bond donors (Lipinski definition) is 0. The van der Waals surface area contributed by atoms with Crippen molar-refractivity contribution in [3.8, 4) is 11.5 Å². The molecule has 0 aliphatic carbocycles. The Labute approximate surface area is 150 Å². The molecule has 0 aliphatic heterocycles.